The third-order valence-corrected chi connectivity index (χ3v) is 10.8. The highest BCUT2D eigenvalue weighted by atomic mass is 16.3. The van der Waals surface area contributed by atoms with E-state index in [1.165, 1.54) is 32.1 Å². The number of aliphatic hydroxyl groups is 1. The number of nitrogens with one attached hydrogen (secondary N) is 2. The number of nitrogens with zero attached hydrogens (tertiary/aromatic N) is 1. The molecule has 5 rings (SSSR count). The van der Waals surface area contributed by atoms with Crippen LogP contribution in [0, 0.1) is 29.1 Å². The van der Waals surface area contributed by atoms with Crippen molar-refractivity contribution in [2.24, 2.45) is 29.1 Å². The molecule has 37 heavy (non-hydrogen) atoms. The Bertz CT molecular complexity index is 850. The molecule has 3 fully saturated rings. The molecule has 2 amide bonds. The van der Waals surface area contributed by atoms with Gasteiger partial charge in [0.15, 0.2) is 0 Å². The van der Waals surface area contributed by atoms with Crippen molar-refractivity contribution in [2.75, 3.05) is 19.7 Å². The van der Waals surface area contributed by atoms with E-state index in [1.807, 2.05) is 0 Å². The lowest BCUT2D eigenvalue weighted by atomic mass is 9.60. The van der Waals surface area contributed by atoms with E-state index in [9.17, 15) is 14.7 Å². The first-order valence-corrected chi connectivity index (χ1v) is 15.6. The fourth-order valence-electron chi connectivity index (χ4n) is 8.48. The zero-order chi connectivity index (χ0) is 26.0. The van der Waals surface area contributed by atoms with E-state index in [0.29, 0.717) is 17.8 Å². The summed E-state index contributed by atoms with van der Waals surface area (Å²) in [6.07, 6.45) is 16.1. The van der Waals surface area contributed by atoms with Gasteiger partial charge in [-0.1, -0.05) is 26.2 Å². The predicted octanol–water partition coefficient (Wildman–Crippen LogP) is 4.91. The molecule has 0 radical (unpaired) electrons. The number of hydrogen-bond acceptors (Lipinski definition) is 4. The normalized spacial score (nSPS) is 37.9. The Morgan fingerprint density at radius 3 is 2.38 bits per heavy atom. The Morgan fingerprint density at radius 2 is 1.70 bits per heavy atom. The standard InChI is InChI=1S/C31H51N3O3/c1-21-12-17-27(32-18-21)34-28(24-15-13-23(20-35)14-16-24)31(2,26-11-7-6-10-25(26)29(34)36)30(37)33-19-22-8-4-3-5-9-22/h21-24,27-28,32,35H,3-20H2,1-2H3,(H,33,37)/t21?,23?,24?,27?,28-,31-/m0/s1. The van der Waals surface area contributed by atoms with Gasteiger partial charge in [0, 0.05) is 18.7 Å². The van der Waals surface area contributed by atoms with Crippen molar-refractivity contribution in [1.29, 1.82) is 0 Å². The smallest absolute Gasteiger partial charge is 0.251 e. The van der Waals surface area contributed by atoms with Gasteiger partial charge in [-0.05, 0) is 120 Å². The van der Waals surface area contributed by atoms with Crippen LogP contribution in [0.25, 0.3) is 0 Å². The summed E-state index contributed by atoms with van der Waals surface area (Å²) in [4.78, 5) is 30.9. The van der Waals surface area contributed by atoms with Gasteiger partial charge in [-0.25, -0.2) is 0 Å². The van der Waals surface area contributed by atoms with Crippen molar-refractivity contribution in [3.63, 3.8) is 0 Å². The van der Waals surface area contributed by atoms with Crippen molar-refractivity contribution in [2.45, 2.75) is 122 Å². The maximum Gasteiger partial charge on any atom is 0.251 e. The summed E-state index contributed by atoms with van der Waals surface area (Å²) in [5.74, 6) is 2.20. The van der Waals surface area contributed by atoms with Crippen LogP contribution in [0.2, 0.25) is 0 Å². The molecule has 0 aromatic heterocycles. The molecule has 4 atom stereocenters. The number of rotatable bonds is 6. The molecule has 208 valence electrons. The summed E-state index contributed by atoms with van der Waals surface area (Å²) in [6.45, 7) is 6.41. The van der Waals surface area contributed by atoms with E-state index in [-0.39, 0.29) is 36.5 Å². The summed E-state index contributed by atoms with van der Waals surface area (Å²) in [5.41, 5.74) is 1.42. The number of carbonyl (C=O) groups is 2. The first kappa shape index (κ1) is 27.2. The molecule has 3 aliphatic carbocycles. The molecular formula is C31H51N3O3. The first-order chi connectivity index (χ1) is 17.9. The van der Waals surface area contributed by atoms with Crippen LogP contribution in [0.1, 0.15) is 110 Å². The van der Waals surface area contributed by atoms with E-state index in [1.54, 1.807) is 0 Å². The molecule has 2 aliphatic heterocycles. The molecular weight excluding hydrogens is 462 g/mol. The van der Waals surface area contributed by atoms with Crippen molar-refractivity contribution in [3.8, 4) is 0 Å². The molecule has 0 aromatic carbocycles. The van der Waals surface area contributed by atoms with Gasteiger partial charge in [-0.2, -0.15) is 0 Å². The van der Waals surface area contributed by atoms with Crippen LogP contribution in [0.15, 0.2) is 11.1 Å². The molecule has 0 aromatic rings. The molecule has 2 saturated carbocycles. The molecule has 5 aliphatic rings. The first-order valence-electron chi connectivity index (χ1n) is 15.6. The Morgan fingerprint density at radius 1 is 0.973 bits per heavy atom. The molecule has 0 spiro atoms. The second-order valence-electron chi connectivity index (χ2n) is 13.3. The number of piperidine rings is 1. The fourth-order valence-corrected chi connectivity index (χ4v) is 8.48. The number of aliphatic hydroxyl groups excluding tert-OH is 1. The summed E-state index contributed by atoms with van der Waals surface area (Å²) in [5, 5.41) is 17.0. The van der Waals surface area contributed by atoms with Gasteiger partial charge in [-0.3, -0.25) is 14.9 Å². The predicted molar refractivity (Wildman–Crippen MR) is 147 cm³/mol. The van der Waals surface area contributed by atoms with Crippen LogP contribution in [0.5, 0.6) is 0 Å². The highest BCUT2D eigenvalue weighted by Gasteiger charge is 2.57. The quantitative estimate of drug-likeness (QED) is 0.471. The number of carbonyl (C=O) groups excluding carboxylic acids is 2. The summed E-state index contributed by atoms with van der Waals surface area (Å²) < 4.78 is 0. The highest BCUT2D eigenvalue weighted by Crippen LogP contribution is 2.52. The van der Waals surface area contributed by atoms with Crippen molar-refractivity contribution in [3.05, 3.63) is 11.1 Å². The van der Waals surface area contributed by atoms with Gasteiger partial charge >= 0.3 is 0 Å². The van der Waals surface area contributed by atoms with Crippen molar-refractivity contribution in [1.82, 2.24) is 15.5 Å². The molecule has 2 heterocycles. The Balaban J connectivity index is 1.50. The number of amides is 2. The monoisotopic (exact) mass is 513 g/mol. The van der Waals surface area contributed by atoms with Gasteiger partial charge < -0.3 is 15.3 Å². The second kappa shape index (κ2) is 11.8. The summed E-state index contributed by atoms with van der Waals surface area (Å²) >= 11 is 0. The highest BCUT2D eigenvalue weighted by molar-refractivity contribution is 6.00. The fraction of sp³-hybridized carbons (Fsp3) is 0.871. The third-order valence-electron chi connectivity index (χ3n) is 10.8. The van der Waals surface area contributed by atoms with Crippen molar-refractivity contribution < 1.29 is 14.7 Å². The summed E-state index contributed by atoms with van der Waals surface area (Å²) in [6, 6.07) is -0.117. The molecule has 3 N–H and O–H groups in total. The van der Waals surface area contributed by atoms with E-state index in [2.05, 4.69) is 29.4 Å². The van der Waals surface area contributed by atoms with Crippen LogP contribution < -0.4 is 10.6 Å². The number of hydrogen-bond donors (Lipinski definition) is 3. The van der Waals surface area contributed by atoms with Crippen LogP contribution in [0.4, 0.5) is 0 Å². The maximum atomic E-state index is 14.4. The van der Waals surface area contributed by atoms with Crippen LogP contribution in [-0.2, 0) is 9.59 Å². The maximum absolute atomic E-state index is 14.4. The van der Waals surface area contributed by atoms with E-state index in [0.717, 1.165) is 88.4 Å². The van der Waals surface area contributed by atoms with Crippen LogP contribution >= 0.6 is 0 Å². The average Bonchev–Trinajstić information content (AvgIpc) is 2.95. The lowest BCUT2D eigenvalue weighted by Gasteiger charge is -2.56. The molecule has 6 heteroatoms. The SMILES string of the molecule is CC1CCC(N2C(=O)C3=C(CCCC3)[C@](C)(C(=O)NCC3CCCCC3)[C@@H]2C2CCC(CO)CC2)NC1. The summed E-state index contributed by atoms with van der Waals surface area (Å²) in [7, 11) is 0. The zero-order valence-electron chi connectivity index (χ0n) is 23.4. The Hall–Kier alpha value is -1.40. The molecule has 1 saturated heterocycles. The van der Waals surface area contributed by atoms with Gasteiger partial charge in [0.25, 0.3) is 5.91 Å². The minimum absolute atomic E-state index is 0.00529. The minimum atomic E-state index is -0.681. The third kappa shape index (κ3) is 5.39. The topological polar surface area (TPSA) is 81.7 Å². The Kier molecular flexibility index (Phi) is 8.65. The molecule has 6 nitrogen and oxygen atoms in total. The second-order valence-corrected chi connectivity index (χ2v) is 13.3. The van der Waals surface area contributed by atoms with Crippen molar-refractivity contribution >= 4 is 11.8 Å². The van der Waals surface area contributed by atoms with E-state index >= 15 is 0 Å². The van der Waals surface area contributed by atoms with Gasteiger partial charge in [0.2, 0.25) is 5.91 Å². The lowest BCUT2D eigenvalue weighted by molar-refractivity contribution is -0.150. The minimum Gasteiger partial charge on any atom is -0.396 e. The Labute approximate surface area is 224 Å². The molecule has 2 unspecified atom stereocenters. The van der Waals surface area contributed by atoms with E-state index < -0.39 is 5.41 Å². The van der Waals surface area contributed by atoms with Crippen LogP contribution in [0.3, 0.4) is 0 Å². The molecule has 0 bridgehead atoms. The average molecular weight is 514 g/mol. The van der Waals surface area contributed by atoms with Crippen LogP contribution in [-0.4, -0.2) is 53.7 Å². The van der Waals surface area contributed by atoms with E-state index in [4.69, 9.17) is 0 Å². The lowest BCUT2D eigenvalue weighted by Crippen LogP contribution is -2.68. The van der Waals surface area contributed by atoms with Gasteiger partial charge in [-0.15, -0.1) is 0 Å². The van der Waals surface area contributed by atoms with Gasteiger partial charge in [0.1, 0.15) is 0 Å². The van der Waals surface area contributed by atoms with Gasteiger partial charge in [0.05, 0.1) is 17.6 Å². The largest absolute Gasteiger partial charge is 0.396 e. The zero-order valence-corrected chi connectivity index (χ0v) is 23.4.